The van der Waals surface area contributed by atoms with Crippen molar-refractivity contribution in [3.63, 3.8) is 0 Å². The molecule has 1 aromatic rings. The van der Waals surface area contributed by atoms with Gasteiger partial charge in [0.2, 0.25) is 0 Å². The van der Waals surface area contributed by atoms with Crippen LogP contribution in [0.3, 0.4) is 0 Å². The monoisotopic (exact) mass is 307 g/mol. The van der Waals surface area contributed by atoms with Crippen LogP contribution < -0.4 is 5.32 Å². The summed E-state index contributed by atoms with van der Waals surface area (Å²) in [7, 11) is -2.76. The lowest BCUT2D eigenvalue weighted by atomic mass is 9.79. The topological polar surface area (TPSA) is 46.2 Å². The van der Waals surface area contributed by atoms with Crippen molar-refractivity contribution in [3.8, 4) is 0 Å². The molecule has 1 aliphatic carbocycles. The summed E-state index contributed by atoms with van der Waals surface area (Å²) < 4.78 is 23.1. The molecule has 3 rings (SSSR count). The highest BCUT2D eigenvalue weighted by Crippen LogP contribution is 2.35. The molecular weight excluding hydrogens is 282 g/mol. The molecule has 1 aromatic carbocycles. The summed E-state index contributed by atoms with van der Waals surface area (Å²) in [6.07, 6.45) is 6.07. The van der Waals surface area contributed by atoms with Gasteiger partial charge in [-0.3, -0.25) is 0 Å². The minimum atomic E-state index is -2.76. The lowest BCUT2D eigenvalue weighted by Gasteiger charge is -2.31. The van der Waals surface area contributed by atoms with Crippen LogP contribution in [0.1, 0.15) is 43.7 Å². The van der Waals surface area contributed by atoms with Gasteiger partial charge >= 0.3 is 0 Å². The van der Waals surface area contributed by atoms with Crippen LogP contribution in [-0.4, -0.2) is 26.5 Å². The SMILES string of the molecule is O=S1(=O)CC[C@H](CN[C@@H](CC2CCC2)c2ccccc2)C1. The van der Waals surface area contributed by atoms with Crippen LogP contribution in [0, 0.1) is 11.8 Å². The third-order valence-electron chi connectivity index (χ3n) is 4.98. The van der Waals surface area contributed by atoms with Crippen molar-refractivity contribution < 1.29 is 8.42 Å². The van der Waals surface area contributed by atoms with Crippen molar-refractivity contribution in [3.05, 3.63) is 35.9 Å². The molecule has 4 heteroatoms. The van der Waals surface area contributed by atoms with Gasteiger partial charge in [-0.15, -0.1) is 0 Å². The van der Waals surface area contributed by atoms with E-state index >= 15 is 0 Å². The Bertz CT molecular complexity index is 551. The van der Waals surface area contributed by atoms with Gasteiger partial charge < -0.3 is 5.32 Å². The summed E-state index contributed by atoms with van der Waals surface area (Å²) in [6, 6.07) is 11.0. The number of hydrogen-bond donors (Lipinski definition) is 1. The van der Waals surface area contributed by atoms with Crippen molar-refractivity contribution in [1.82, 2.24) is 5.32 Å². The molecule has 3 nitrogen and oxygen atoms in total. The van der Waals surface area contributed by atoms with E-state index < -0.39 is 9.84 Å². The smallest absolute Gasteiger partial charge is 0.150 e. The fraction of sp³-hybridized carbons (Fsp3) is 0.647. The average Bonchev–Trinajstić information content (AvgIpc) is 2.77. The number of sulfone groups is 1. The minimum Gasteiger partial charge on any atom is -0.310 e. The first kappa shape index (κ1) is 15.0. The van der Waals surface area contributed by atoms with Gasteiger partial charge in [0.25, 0.3) is 0 Å². The maximum absolute atomic E-state index is 11.6. The van der Waals surface area contributed by atoms with Gasteiger partial charge in [-0.25, -0.2) is 8.42 Å². The number of benzene rings is 1. The van der Waals surface area contributed by atoms with Crippen LogP contribution in [0.15, 0.2) is 30.3 Å². The van der Waals surface area contributed by atoms with E-state index in [0.717, 1.165) is 18.9 Å². The van der Waals surface area contributed by atoms with Gasteiger partial charge in [-0.05, 0) is 36.8 Å². The molecule has 0 spiro atoms. The van der Waals surface area contributed by atoms with Crippen molar-refractivity contribution in [2.75, 3.05) is 18.1 Å². The van der Waals surface area contributed by atoms with E-state index in [9.17, 15) is 8.42 Å². The van der Waals surface area contributed by atoms with Crippen molar-refractivity contribution in [1.29, 1.82) is 0 Å². The van der Waals surface area contributed by atoms with E-state index in [1.165, 1.54) is 31.2 Å². The van der Waals surface area contributed by atoms with Crippen molar-refractivity contribution in [2.24, 2.45) is 11.8 Å². The van der Waals surface area contributed by atoms with Gasteiger partial charge in [-0.2, -0.15) is 0 Å². The third-order valence-corrected chi connectivity index (χ3v) is 6.81. The molecule has 0 unspecified atom stereocenters. The molecule has 1 N–H and O–H groups in total. The molecule has 0 amide bonds. The summed E-state index contributed by atoms with van der Waals surface area (Å²) in [4.78, 5) is 0. The molecule has 1 aliphatic heterocycles. The zero-order chi connectivity index (χ0) is 14.7. The van der Waals surface area contributed by atoms with Gasteiger partial charge in [0.15, 0.2) is 9.84 Å². The van der Waals surface area contributed by atoms with E-state index in [2.05, 4.69) is 29.6 Å². The first-order valence-electron chi connectivity index (χ1n) is 8.11. The Kier molecular flexibility index (Phi) is 4.65. The number of nitrogens with one attached hydrogen (secondary N) is 1. The average molecular weight is 307 g/mol. The maximum Gasteiger partial charge on any atom is 0.150 e. The second-order valence-corrected chi connectivity index (χ2v) is 8.90. The highest BCUT2D eigenvalue weighted by Gasteiger charge is 2.29. The summed E-state index contributed by atoms with van der Waals surface area (Å²) >= 11 is 0. The molecule has 1 saturated carbocycles. The quantitative estimate of drug-likeness (QED) is 0.879. The van der Waals surface area contributed by atoms with Gasteiger partial charge in [-0.1, -0.05) is 49.6 Å². The maximum atomic E-state index is 11.6. The Morgan fingerprint density at radius 1 is 1.10 bits per heavy atom. The fourth-order valence-corrected chi connectivity index (χ4v) is 5.29. The predicted molar refractivity (Wildman–Crippen MR) is 85.9 cm³/mol. The third kappa shape index (κ3) is 4.07. The molecule has 1 heterocycles. The summed E-state index contributed by atoms with van der Waals surface area (Å²) in [5, 5.41) is 3.65. The Hall–Kier alpha value is -0.870. The fourth-order valence-electron chi connectivity index (χ4n) is 3.43. The molecule has 0 aromatic heterocycles. The van der Waals surface area contributed by atoms with Gasteiger partial charge in [0.1, 0.15) is 0 Å². The normalized spacial score (nSPS) is 26.4. The lowest BCUT2D eigenvalue weighted by molar-refractivity contribution is 0.257. The van der Waals surface area contributed by atoms with E-state index in [4.69, 9.17) is 0 Å². The van der Waals surface area contributed by atoms with E-state index in [-0.39, 0.29) is 0 Å². The molecule has 0 radical (unpaired) electrons. The van der Waals surface area contributed by atoms with Crippen LogP contribution in [-0.2, 0) is 9.84 Å². The second-order valence-electron chi connectivity index (χ2n) is 6.67. The lowest BCUT2D eigenvalue weighted by Crippen LogP contribution is -2.30. The highest BCUT2D eigenvalue weighted by atomic mass is 32.2. The van der Waals surface area contributed by atoms with Gasteiger partial charge in [0.05, 0.1) is 11.5 Å². The molecule has 2 fully saturated rings. The van der Waals surface area contributed by atoms with Crippen molar-refractivity contribution in [2.45, 2.75) is 38.1 Å². The Morgan fingerprint density at radius 2 is 1.86 bits per heavy atom. The minimum absolute atomic E-state index is 0.294. The van der Waals surface area contributed by atoms with Crippen LogP contribution >= 0.6 is 0 Å². The first-order valence-corrected chi connectivity index (χ1v) is 9.93. The zero-order valence-corrected chi connectivity index (χ0v) is 13.3. The Labute approximate surface area is 128 Å². The number of rotatable bonds is 6. The molecule has 0 bridgehead atoms. The van der Waals surface area contributed by atoms with Crippen LogP contribution in [0.25, 0.3) is 0 Å². The van der Waals surface area contributed by atoms with Crippen LogP contribution in [0.4, 0.5) is 0 Å². The zero-order valence-electron chi connectivity index (χ0n) is 12.5. The van der Waals surface area contributed by atoms with Crippen LogP contribution in [0.5, 0.6) is 0 Å². The molecular formula is C17H25NO2S. The Balaban J connectivity index is 1.59. The summed E-state index contributed by atoms with van der Waals surface area (Å²) in [5.74, 6) is 1.88. The standard InChI is InChI=1S/C17H25NO2S/c19-21(20)10-9-15(13-21)12-18-17(11-14-5-4-6-14)16-7-2-1-3-8-16/h1-3,7-8,14-15,17-18H,4-6,9-13H2/t15-,17+/m1/s1. The highest BCUT2D eigenvalue weighted by molar-refractivity contribution is 7.91. The molecule has 1 saturated heterocycles. The largest absolute Gasteiger partial charge is 0.310 e. The summed E-state index contributed by atoms with van der Waals surface area (Å²) in [5.41, 5.74) is 1.34. The Morgan fingerprint density at radius 3 is 2.43 bits per heavy atom. The van der Waals surface area contributed by atoms with Crippen LogP contribution in [0.2, 0.25) is 0 Å². The molecule has 21 heavy (non-hydrogen) atoms. The first-order chi connectivity index (χ1) is 10.1. The van der Waals surface area contributed by atoms with E-state index in [1.807, 2.05) is 6.07 Å². The van der Waals surface area contributed by atoms with E-state index in [1.54, 1.807) is 0 Å². The van der Waals surface area contributed by atoms with Crippen molar-refractivity contribution >= 4 is 9.84 Å². The predicted octanol–water partition coefficient (Wildman–Crippen LogP) is 2.94. The summed E-state index contributed by atoms with van der Waals surface area (Å²) in [6.45, 7) is 0.825. The second kappa shape index (κ2) is 6.49. The van der Waals surface area contributed by atoms with E-state index in [0.29, 0.717) is 23.5 Å². The van der Waals surface area contributed by atoms with Gasteiger partial charge in [0, 0.05) is 6.04 Å². The molecule has 2 atom stereocenters. The molecule has 116 valence electrons. The number of hydrogen-bond acceptors (Lipinski definition) is 3. The molecule has 2 aliphatic rings.